The number of carbonyl (C=O) groups excluding carboxylic acids is 2. The molecule has 0 spiro atoms. The van der Waals surface area contributed by atoms with Crippen molar-refractivity contribution >= 4 is 71.3 Å². The fourth-order valence-electron chi connectivity index (χ4n) is 5.41. The molecular formula is C34H25N5Na2O10S2. The third kappa shape index (κ3) is 8.65. The quantitative estimate of drug-likeness (QED) is 0.0727. The number of ether oxygens (including phenoxy) is 2. The van der Waals surface area contributed by atoms with E-state index in [1.54, 1.807) is 36.4 Å². The zero-order valence-corrected chi connectivity index (χ0v) is 34.2. The summed E-state index contributed by atoms with van der Waals surface area (Å²) in [5, 5.41) is 8.06. The van der Waals surface area contributed by atoms with Crippen molar-refractivity contribution in [2.75, 3.05) is 30.8 Å². The molecule has 260 valence electrons. The summed E-state index contributed by atoms with van der Waals surface area (Å²) >= 11 is 0. The first-order valence-corrected chi connectivity index (χ1v) is 17.5. The summed E-state index contributed by atoms with van der Waals surface area (Å²) in [4.78, 5) is 24.8. The van der Waals surface area contributed by atoms with Crippen molar-refractivity contribution in [3.8, 4) is 22.6 Å². The number of nitrogens with two attached hydrogens (primary N) is 1. The number of ketones is 2. The maximum absolute atomic E-state index is 13.2. The molecule has 6 rings (SSSR count). The van der Waals surface area contributed by atoms with Crippen molar-refractivity contribution in [1.29, 1.82) is 0 Å². The summed E-state index contributed by atoms with van der Waals surface area (Å²) in [5.41, 5.74) is 12.5. The number of allylic oxidation sites excluding steroid dienone is 2. The number of hydrogen-bond acceptors (Lipinski definition) is 15. The Hall–Kier alpha value is -4.14. The van der Waals surface area contributed by atoms with Gasteiger partial charge in [-0.05, 0) is 71.3 Å². The topological polar surface area (TPSA) is 242 Å². The normalized spacial score (nSPS) is 15.2. The molecule has 0 aliphatic heterocycles. The van der Waals surface area contributed by atoms with Crippen LogP contribution in [0.5, 0.6) is 11.5 Å². The number of methoxy groups -OCH3 is 2. The molecule has 2 aliphatic rings. The van der Waals surface area contributed by atoms with Crippen LogP contribution in [0.4, 0.5) is 17.1 Å². The maximum Gasteiger partial charge on any atom is 1.00 e. The van der Waals surface area contributed by atoms with Gasteiger partial charge in [-0.1, -0.05) is 36.4 Å². The summed E-state index contributed by atoms with van der Waals surface area (Å²) in [6.45, 7) is 0. The van der Waals surface area contributed by atoms with Crippen LogP contribution in [-0.4, -0.2) is 63.2 Å². The SMILES string of the molecule is COc1cc(-c2ccc(N/N=C3\C(=O)c4ccc(N)cc4C=C3S(=O)(=O)[O-])c(OC)c2)ccc1N/N=C1\C=C(S(=O)(=O)[O-])c2ccccc2C1=O.[Na+].[Na+]. The molecule has 0 unspecified atom stereocenters. The van der Waals surface area contributed by atoms with Gasteiger partial charge < -0.3 is 24.3 Å². The van der Waals surface area contributed by atoms with Crippen molar-refractivity contribution in [1.82, 2.24) is 0 Å². The number of anilines is 3. The standard InChI is InChI=1S/C34H27N5O10S2.2Na/c1-48-28-14-18(7-11-25(28)36-38-27-17-30(50(42,43)44)23-5-3-4-6-24(23)33(27)40)19-8-12-26(29(15-19)49-2)37-39-32-31(51(45,46)47)16-20-13-21(35)9-10-22(20)34(32)41;;/h3-17,36-37H,35H2,1-2H3,(H,42,43,44)(H,45,46,47);;/q;2*+1/p-2/b38-27+,39-32-;;. The zero-order chi connectivity index (χ0) is 36.7. The molecular weight excluding hydrogens is 749 g/mol. The second-order valence-electron chi connectivity index (χ2n) is 11.0. The predicted molar refractivity (Wildman–Crippen MR) is 188 cm³/mol. The molecule has 0 radical (unpaired) electrons. The van der Waals surface area contributed by atoms with Gasteiger partial charge in [0.25, 0.3) is 0 Å². The van der Waals surface area contributed by atoms with Crippen molar-refractivity contribution in [3.05, 3.63) is 112 Å². The van der Waals surface area contributed by atoms with E-state index >= 15 is 0 Å². The average Bonchev–Trinajstić information content (AvgIpc) is 3.09. The Morgan fingerprint density at radius 2 is 1.19 bits per heavy atom. The van der Waals surface area contributed by atoms with Gasteiger partial charge in [-0.25, -0.2) is 16.8 Å². The van der Waals surface area contributed by atoms with E-state index in [-0.39, 0.29) is 110 Å². The summed E-state index contributed by atoms with van der Waals surface area (Å²) < 4.78 is 83.0. The number of Topliss-reactive ketones (excluding diaryl/α,β-unsaturated/α-hetero) is 2. The first kappa shape index (κ1) is 41.6. The minimum absolute atomic E-state index is 0. The molecule has 2 aliphatic carbocycles. The number of fused-ring (bicyclic) bond motifs is 2. The number of carbonyl (C=O) groups is 2. The molecule has 0 saturated heterocycles. The Labute approximate surface area is 348 Å². The van der Waals surface area contributed by atoms with Crippen LogP contribution < -0.4 is 85.2 Å². The van der Waals surface area contributed by atoms with Gasteiger partial charge in [-0.3, -0.25) is 20.4 Å². The first-order valence-electron chi connectivity index (χ1n) is 14.7. The molecule has 0 aromatic heterocycles. The molecule has 4 aromatic carbocycles. The molecule has 4 N–H and O–H groups in total. The van der Waals surface area contributed by atoms with Crippen molar-refractivity contribution in [2.24, 2.45) is 10.2 Å². The maximum atomic E-state index is 13.2. The predicted octanol–water partition coefficient (Wildman–Crippen LogP) is -1.94. The van der Waals surface area contributed by atoms with Crippen molar-refractivity contribution in [2.45, 2.75) is 0 Å². The Balaban J connectivity index is 0.00000314. The molecule has 15 nitrogen and oxygen atoms in total. The second-order valence-corrected chi connectivity index (χ2v) is 13.7. The van der Waals surface area contributed by atoms with Crippen LogP contribution in [-0.2, 0) is 20.2 Å². The Morgan fingerprint density at radius 3 is 1.74 bits per heavy atom. The largest absolute Gasteiger partial charge is 1.00 e. The van der Waals surface area contributed by atoms with Crippen molar-refractivity contribution in [3.63, 3.8) is 0 Å². The van der Waals surface area contributed by atoms with Gasteiger partial charge >= 0.3 is 59.1 Å². The third-order valence-corrected chi connectivity index (χ3v) is 9.58. The van der Waals surface area contributed by atoms with Crippen LogP contribution in [0, 0.1) is 0 Å². The van der Waals surface area contributed by atoms with E-state index < -0.39 is 47.3 Å². The van der Waals surface area contributed by atoms with E-state index in [4.69, 9.17) is 15.2 Å². The number of hydrazone groups is 2. The van der Waals surface area contributed by atoms with Crippen LogP contribution in [0.1, 0.15) is 31.8 Å². The summed E-state index contributed by atoms with van der Waals surface area (Å²) in [6.07, 6.45) is 1.97. The smallest absolute Gasteiger partial charge is 0.744 e. The first-order chi connectivity index (χ1) is 24.2. The van der Waals surface area contributed by atoms with Gasteiger partial charge in [0, 0.05) is 22.4 Å². The van der Waals surface area contributed by atoms with E-state index in [0.717, 1.165) is 12.2 Å². The Morgan fingerprint density at radius 1 is 0.642 bits per heavy atom. The molecule has 53 heavy (non-hydrogen) atoms. The van der Waals surface area contributed by atoms with Gasteiger partial charge in [-0.15, -0.1) is 0 Å². The zero-order valence-electron chi connectivity index (χ0n) is 28.5. The van der Waals surface area contributed by atoms with Gasteiger partial charge in [-0.2, -0.15) is 10.2 Å². The minimum atomic E-state index is -5.10. The van der Waals surface area contributed by atoms with Gasteiger partial charge in [0.2, 0.25) is 11.6 Å². The van der Waals surface area contributed by atoms with Crippen LogP contribution in [0.2, 0.25) is 0 Å². The average molecular weight is 774 g/mol. The fraction of sp³-hybridized carbons (Fsp3) is 0.0588. The number of nitrogens with zero attached hydrogens (tertiary/aromatic N) is 2. The van der Waals surface area contributed by atoms with E-state index in [0.29, 0.717) is 16.8 Å². The van der Waals surface area contributed by atoms with Crippen LogP contribution in [0.15, 0.2) is 100 Å². The molecule has 0 bridgehead atoms. The molecule has 0 atom stereocenters. The molecule has 0 heterocycles. The van der Waals surface area contributed by atoms with E-state index in [1.165, 1.54) is 56.7 Å². The van der Waals surface area contributed by atoms with Gasteiger partial charge in [0.1, 0.15) is 43.2 Å². The number of benzene rings is 4. The fourth-order valence-corrected chi connectivity index (χ4v) is 6.76. The number of hydrogen-bond donors (Lipinski definition) is 3. The van der Waals surface area contributed by atoms with Gasteiger partial charge in [0.15, 0.2) is 0 Å². The summed E-state index contributed by atoms with van der Waals surface area (Å²) in [7, 11) is -7.24. The molecule has 0 fully saturated rings. The van der Waals surface area contributed by atoms with Crippen molar-refractivity contribution < 1.29 is 104 Å². The second kappa shape index (κ2) is 16.5. The van der Waals surface area contributed by atoms with E-state index in [2.05, 4.69) is 21.1 Å². The molecule has 4 aromatic rings. The van der Waals surface area contributed by atoms with E-state index in [9.17, 15) is 35.5 Å². The Bertz CT molecular complexity index is 2520. The van der Waals surface area contributed by atoms with Crippen LogP contribution >= 0.6 is 0 Å². The van der Waals surface area contributed by atoms with Crippen LogP contribution in [0.3, 0.4) is 0 Å². The summed E-state index contributed by atoms with van der Waals surface area (Å²) in [6, 6.07) is 19.9. The summed E-state index contributed by atoms with van der Waals surface area (Å²) in [5.74, 6) is -0.856. The Kier molecular flexibility index (Phi) is 12.9. The monoisotopic (exact) mass is 773 g/mol. The molecule has 0 amide bonds. The van der Waals surface area contributed by atoms with E-state index in [1.807, 2.05) is 0 Å². The minimum Gasteiger partial charge on any atom is -0.744 e. The number of nitrogen functional groups attached to an aromatic ring is 1. The molecule has 19 heteroatoms. The number of nitrogens with one attached hydrogen (secondary N) is 2. The molecule has 0 saturated carbocycles. The number of rotatable bonds is 9. The van der Waals surface area contributed by atoms with Gasteiger partial charge in [0.05, 0.1) is 35.4 Å². The van der Waals surface area contributed by atoms with Crippen LogP contribution in [0.25, 0.3) is 22.1 Å². The third-order valence-electron chi connectivity index (χ3n) is 7.85.